The molecule has 1 amide bonds. The number of primary amides is 1. The highest BCUT2D eigenvalue weighted by Gasteiger charge is 2.24. The van der Waals surface area contributed by atoms with Crippen molar-refractivity contribution in [3.63, 3.8) is 0 Å². The first-order chi connectivity index (χ1) is 9.06. The van der Waals surface area contributed by atoms with Gasteiger partial charge in [-0.05, 0) is 18.9 Å². The minimum absolute atomic E-state index is 0.254. The van der Waals surface area contributed by atoms with E-state index in [0.29, 0.717) is 22.9 Å². The molecule has 0 unspecified atom stereocenters. The third-order valence-electron chi connectivity index (χ3n) is 3.47. The van der Waals surface area contributed by atoms with Crippen LogP contribution < -0.4 is 5.73 Å². The molecule has 1 fully saturated rings. The number of rotatable bonds is 5. The van der Waals surface area contributed by atoms with Crippen molar-refractivity contribution >= 4 is 29.1 Å². The van der Waals surface area contributed by atoms with Gasteiger partial charge in [-0.3, -0.25) is 9.69 Å². The number of amides is 1. The molecule has 0 aliphatic heterocycles. The summed E-state index contributed by atoms with van der Waals surface area (Å²) in [5.74, 6) is -0.315. The Labute approximate surface area is 122 Å². The number of halogens is 2. The number of hydrogen-bond acceptors (Lipinski definition) is 3. The highest BCUT2D eigenvalue weighted by atomic mass is 35.5. The fourth-order valence-corrected chi connectivity index (χ4v) is 2.97. The van der Waals surface area contributed by atoms with E-state index in [1.165, 1.54) is 12.8 Å². The Morgan fingerprint density at radius 2 is 2.05 bits per heavy atom. The fourth-order valence-electron chi connectivity index (χ4n) is 2.56. The second-order valence-corrected chi connectivity index (χ2v) is 5.64. The lowest BCUT2D eigenvalue weighted by Gasteiger charge is -2.27. The zero-order valence-electron chi connectivity index (χ0n) is 10.6. The van der Waals surface area contributed by atoms with Crippen molar-refractivity contribution in [1.82, 2.24) is 9.88 Å². The maximum absolute atomic E-state index is 11.2. The van der Waals surface area contributed by atoms with Crippen LogP contribution in [-0.4, -0.2) is 28.4 Å². The van der Waals surface area contributed by atoms with E-state index >= 15 is 0 Å². The molecule has 0 radical (unpaired) electrons. The van der Waals surface area contributed by atoms with Gasteiger partial charge in [0.1, 0.15) is 10.3 Å². The van der Waals surface area contributed by atoms with Crippen molar-refractivity contribution in [2.75, 3.05) is 6.54 Å². The number of aromatic nitrogens is 1. The van der Waals surface area contributed by atoms with Gasteiger partial charge in [0.15, 0.2) is 0 Å². The van der Waals surface area contributed by atoms with Crippen molar-refractivity contribution in [3.05, 3.63) is 28.0 Å². The summed E-state index contributed by atoms with van der Waals surface area (Å²) < 4.78 is 0. The highest BCUT2D eigenvalue weighted by Crippen LogP contribution is 2.26. The maximum atomic E-state index is 11.2. The molecule has 4 nitrogen and oxygen atoms in total. The zero-order valence-corrected chi connectivity index (χ0v) is 12.1. The van der Waals surface area contributed by atoms with Crippen LogP contribution in [0.5, 0.6) is 0 Å². The molecule has 1 aromatic heterocycles. The second kappa shape index (κ2) is 6.55. The van der Waals surface area contributed by atoms with E-state index in [2.05, 4.69) is 9.88 Å². The van der Waals surface area contributed by atoms with Gasteiger partial charge in [-0.1, -0.05) is 42.1 Å². The minimum Gasteiger partial charge on any atom is -0.369 e. The summed E-state index contributed by atoms with van der Waals surface area (Å²) in [5, 5.41) is 0.760. The lowest BCUT2D eigenvalue weighted by molar-refractivity contribution is -0.119. The van der Waals surface area contributed by atoms with E-state index in [1.807, 2.05) is 6.07 Å². The van der Waals surface area contributed by atoms with Gasteiger partial charge in [-0.25, -0.2) is 4.98 Å². The molecule has 104 valence electrons. The first kappa shape index (κ1) is 14.6. The van der Waals surface area contributed by atoms with Gasteiger partial charge in [0, 0.05) is 18.2 Å². The van der Waals surface area contributed by atoms with Crippen LogP contribution in [0.2, 0.25) is 10.3 Å². The van der Waals surface area contributed by atoms with Crippen molar-refractivity contribution < 1.29 is 4.79 Å². The van der Waals surface area contributed by atoms with E-state index < -0.39 is 0 Å². The molecule has 0 atom stereocenters. The number of pyridine rings is 1. The Balaban J connectivity index is 2.12. The van der Waals surface area contributed by atoms with Crippen LogP contribution >= 0.6 is 23.2 Å². The third kappa shape index (κ3) is 4.06. The average molecular weight is 302 g/mol. The first-order valence-corrected chi connectivity index (χ1v) is 7.15. The SMILES string of the molecule is NC(=O)CN(Cc1ccc(Cl)nc1Cl)C1CCCC1. The number of nitrogens with two attached hydrogens (primary N) is 1. The molecular weight excluding hydrogens is 285 g/mol. The van der Waals surface area contributed by atoms with Gasteiger partial charge in [-0.2, -0.15) is 0 Å². The molecule has 0 spiro atoms. The normalized spacial score (nSPS) is 16.2. The van der Waals surface area contributed by atoms with Gasteiger partial charge < -0.3 is 5.73 Å². The second-order valence-electron chi connectivity index (χ2n) is 4.89. The largest absolute Gasteiger partial charge is 0.369 e. The van der Waals surface area contributed by atoms with Crippen LogP contribution in [0.1, 0.15) is 31.2 Å². The Morgan fingerprint density at radius 3 is 2.63 bits per heavy atom. The summed E-state index contributed by atoms with van der Waals surface area (Å²) in [5.41, 5.74) is 6.20. The molecule has 0 bridgehead atoms. The van der Waals surface area contributed by atoms with E-state index in [9.17, 15) is 4.79 Å². The molecule has 19 heavy (non-hydrogen) atoms. The Hall–Kier alpha value is -0.840. The van der Waals surface area contributed by atoms with E-state index in [1.54, 1.807) is 6.07 Å². The van der Waals surface area contributed by atoms with Gasteiger partial charge in [0.25, 0.3) is 0 Å². The van der Waals surface area contributed by atoms with Crippen molar-refractivity contribution in [2.45, 2.75) is 38.3 Å². The maximum Gasteiger partial charge on any atom is 0.231 e. The Kier molecular flexibility index (Phi) is 5.02. The molecule has 1 saturated carbocycles. The molecular formula is C13H17Cl2N3O. The summed E-state index contributed by atoms with van der Waals surface area (Å²) in [6, 6.07) is 3.96. The predicted molar refractivity (Wildman–Crippen MR) is 76.1 cm³/mol. The highest BCUT2D eigenvalue weighted by molar-refractivity contribution is 6.32. The van der Waals surface area contributed by atoms with Crippen molar-refractivity contribution in [1.29, 1.82) is 0 Å². The molecule has 1 aliphatic carbocycles. The van der Waals surface area contributed by atoms with Crippen molar-refractivity contribution in [2.24, 2.45) is 5.73 Å². The number of carbonyl (C=O) groups is 1. The molecule has 0 aromatic carbocycles. The Morgan fingerprint density at radius 1 is 1.37 bits per heavy atom. The summed E-state index contributed by atoms with van der Waals surface area (Å²) in [6.45, 7) is 0.834. The molecule has 1 aromatic rings. The van der Waals surface area contributed by atoms with Gasteiger partial charge in [0.2, 0.25) is 5.91 Å². The first-order valence-electron chi connectivity index (χ1n) is 6.39. The Bertz CT molecular complexity index is 461. The number of carbonyl (C=O) groups excluding carboxylic acids is 1. The van der Waals surface area contributed by atoms with Gasteiger partial charge >= 0.3 is 0 Å². The van der Waals surface area contributed by atoms with Crippen LogP contribution in [0.15, 0.2) is 12.1 Å². The quantitative estimate of drug-likeness (QED) is 0.851. The van der Waals surface area contributed by atoms with Crippen LogP contribution in [0.25, 0.3) is 0 Å². The molecule has 2 rings (SSSR count). The van der Waals surface area contributed by atoms with Gasteiger partial charge in [0.05, 0.1) is 6.54 Å². The third-order valence-corrected chi connectivity index (χ3v) is 4.00. The number of nitrogens with zero attached hydrogens (tertiary/aromatic N) is 2. The number of hydrogen-bond donors (Lipinski definition) is 1. The standard InChI is InChI=1S/C13H17Cl2N3O/c14-11-6-5-9(13(15)17-11)7-18(8-12(16)19)10-3-1-2-4-10/h5-6,10H,1-4,7-8H2,(H2,16,19). The molecule has 2 N–H and O–H groups in total. The summed E-state index contributed by atoms with van der Waals surface area (Å²) in [4.78, 5) is 17.3. The topological polar surface area (TPSA) is 59.2 Å². The lowest BCUT2D eigenvalue weighted by Crippen LogP contribution is -2.39. The van der Waals surface area contributed by atoms with E-state index in [-0.39, 0.29) is 12.5 Å². The molecule has 1 aliphatic rings. The van der Waals surface area contributed by atoms with E-state index in [4.69, 9.17) is 28.9 Å². The predicted octanol–water partition coefficient (Wildman–Crippen LogP) is 2.62. The van der Waals surface area contributed by atoms with Crippen LogP contribution in [0.3, 0.4) is 0 Å². The minimum atomic E-state index is -0.315. The van der Waals surface area contributed by atoms with Gasteiger partial charge in [-0.15, -0.1) is 0 Å². The lowest BCUT2D eigenvalue weighted by atomic mass is 10.1. The molecule has 0 saturated heterocycles. The molecule has 1 heterocycles. The smallest absolute Gasteiger partial charge is 0.231 e. The fraction of sp³-hybridized carbons (Fsp3) is 0.538. The zero-order chi connectivity index (χ0) is 13.8. The summed E-state index contributed by atoms with van der Waals surface area (Å²) in [6.07, 6.45) is 4.61. The van der Waals surface area contributed by atoms with Crippen LogP contribution in [-0.2, 0) is 11.3 Å². The monoisotopic (exact) mass is 301 g/mol. The summed E-state index contributed by atoms with van der Waals surface area (Å²) >= 11 is 11.9. The summed E-state index contributed by atoms with van der Waals surface area (Å²) in [7, 11) is 0. The van der Waals surface area contributed by atoms with Crippen LogP contribution in [0.4, 0.5) is 0 Å². The molecule has 6 heteroatoms. The average Bonchev–Trinajstić information content (AvgIpc) is 2.84. The van der Waals surface area contributed by atoms with Crippen molar-refractivity contribution in [3.8, 4) is 0 Å². The van der Waals surface area contributed by atoms with E-state index in [0.717, 1.165) is 18.4 Å². The van der Waals surface area contributed by atoms with Crippen LogP contribution in [0, 0.1) is 0 Å².